The average molecular weight is 269 g/mol. The molecule has 1 aliphatic heterocycles. The van der Waals surface area contributed by atoms with Gasteiger partial charge in [0.25, 0.3) is 0 Å². The molecule has 0 amide bonds. The van der Waals surface area contributed by atoms with E-state index in [9.17, 15) is 5.11 Å². The van der Waals surface area contributed by atoms with E-state index in [-0.39, 0.29) is 12.5 Å². The summed E-state index contributed by atoms with van der Waals surface area (Å²) in [6, 6.07) is 12.3. The topological polar surface area (TPSA) is 49.2 Å². The zero-order valence-corrected chi connectivity index (χ0v) is 11.4. The van der Waals surface area contributed by atoms with Crippen LogP contribution in [0.4, 0.5) is 5.95 Å². The summed E-state index contributed by atoms with van der Waals surface area (Å²) >= 11 is 0. The molecular weight excluding hydrogens is 250 g/mol. The Morgan fingerprint density at radius 1 is 1.10 bits per heavy atom. The molecule has 0 unspecified atom stereocenters. The van der Waals surface area contributed by atoms with Crippen molar-refractivity contribution in [3.05, 3.63) is 54.4 Å². The van der Waals surface area contributed by atoms with Crippen LogP contribution >= 0.6 is 0 Å². The maximum absolute atomic E-state index is 9.72. The van der Waals surface area contributed by atoms with Crippen molar-refractivity contribution in [1.29, 1.82) is 0 Å². The fraction of sp³-hybridized carbons (Fsp3) is 0.375. The number of aliphatic hydroxyl groups is 1. The summed E-state index contributed by atoms with van der Waals surface area (Å²) in [5.74, 6) is 1.41. The third kappa shape index (κ3) is 2.65. The van der Waals surface area contributed by atoms with E-state index in [0.29, 0.717) is 5.92 Å². The number of aromatic nitrogens is 2. The van der Waals surface area contributed by atoms with Crippen LogP contribution in [0.25, 0.3) is 0 Å². The lowest BCUT2D eigenvalue weighted by molar-refractivity contribution is 0.189. The van der Waals surface area contributed by atoms with Gasteiger partial charge in [-0.15, -0.1) is 0 Å². The quantitative estimate of drug-likeness (QED) is 0.927. The van der Waals surface area contributed by atoms with Gasteiger partial charge < -0.3 is 10.0 Å². The molecule has 1 saturated heterocycles. The molecule has 1 aromatic carbocycles. The average Bonchev–Trinajstić information content (AvgIpc) is 2.56. The Morgan fingerprint density at radius 2 is 1.85 bits per heavy atom. The second-order valence-corrected chi connectivity index (χ2v) is 5.24. The van der Waals surface area contributed by atoms with Gasteiger partial charge in [0.2, 0.25) is 5.95 Å². The summed E-state index contributed by atoms with van der Waals surface area (Å²) in [4.78, 5) is 10.8. The number of hydrogen-bond acceptors (Lipinski definition) is 4. The van der Waals surface area contributed by atoms with Crippen LogP contribution < -0.4 is 4.90 Å². The minimum absolute atomic E-state index is 0.197. The zero-order chi connectivity index (χ0) is 13.8. The maximum atomic E-state index is 9.72. The largest absolute Gasteiger partial charge is 0.396 e. The highest BCUT2D eigenvalue weighted by molar-refractivity contribution is 5.32. The smallest absolute Gasteiger partial charge is 0.225 e. The van der Waals surface area contributed by atoms with Crippen molar-refractivity contribution in [3.63, 3.8) is 0 Å². The van der Waals surface area contributed by atoms with Gasteiger partial charge in [0, 0.05) is 38.0 Å². The summed E-state index contributed by atoms with van der Waals surface area (Å²) in [6.07, 6.45) is 4.55. The fourth-order valence-electron chi connectivity index (χ4n) is 2.99. The number of rotatable bonds is 3. The molecule has 2 atom stereocenters. The van der Waals surface area contributed by atoms with E-state index in [1.165, 1.54) is 5.56 Å². The minimum Gasteiger partial charge on any atom is -0.396 e. The third-order valence-electron chi connectivity index (χ3n) is 4.03. The minimum atomic E-state index is 0.197. The predicted molar refractivity (Wildman–Crippen MR) is 78.6 cm³/mol. The van der Waals surface area contributed by atoms with Crippen molar-refractivity contribution in [2.75, 3.05) is 24.6 Å². The Kier molecular flexibility index (Phi) is 3.92. The van der Waals surface area contributed by atoms with Crippen LogP contribution in [0.3, 0.4) is 0 Å². The van der Waals surface area contributed by atoms with E-state index in [0.717, 1.165) is 25.5 Å². The standard InChI is InChI=1S/C16H19N3O/c20-12-14-11-19(16-17-8-4-9-18-16)10-7-15(14)13-5-2-1-3-6-13/h1-6,8-9,14-15,20H,7,10-12H2/t14-,15+/m1/s1. The first-order valence-corrected chi connectivity index (χ1v) is 7.06. The first-order chi connectivity index (χ1) is 9.88. The number of piperidine rings is 1. The number of nitrogens with zero attached hydrogens (tertiary/aromatic N) is 3. The summed E-state index contributed by atoms with van der Waals surface area (Å²) in [5, 5.41) is 9.72. The molecule has 4 nitrogen and oxygen atoms in total. The van der Waals surface area contributed by atoms with Gasteiger partial charge in [-0.2, -0.15) is 0 Å². The van der Waals surface area contributed by atoms with Gasteiger partial charge in [-0.05, 0) is 24.0 Å². The van der Waals surface area contributed by atoms with Gasteiger partial charge in [0.1, 0.15) is 0 Å². The van der Waals surface area contributed by atoms with Gasteiger partial charge in [-0.1, -0.05) is 30.3 Å². The fourth-order valence-corrected chi connectivity index (χ4v) is 2.99. The highest BCUT2D eigenvalue weighted by atomic mass is 16.3. The Bertz CT molecular complexity index is 532. The molecule has 0 radical (unpaired) electrons. The van der Waals surface area contributed by atoms with E-state index in [4.69, 9.17) is 0 Å². The molecule has 4 heteroatoms. The lowest BCUT2D eigenvalue weighted by Crippen LogP contribution is -2.41. The lowest BCUT2D eigenvalue weighted by atomic mass is 9.81. The molecule has 104 valence electrons. The molecule has 1 fully saturated rings. The lowest BCUT2D eigenvalue weighted by Gasteiger charge is -2.38. The van der Waals surface area contributed by atoms with Crippen LogP contribution in [0.15, 0.2) is 48.8 Å². The molecule has 2 aromatic rings. The van der Waals surface area contributed by atoms with Crippen molar-refractivity contribution in [2.45, 2.75) is 12.3 Å². The first kappa shape index (κ1) is 13.1. The van der Waals surface area contributed by atoms with Gasteiger partial charge in [0.05, 0.1) is 0 Å². The predicted octanol–water partition coefficient (Wildman–Crippen LogP) is 2.08. The Morgan fingerprint density at radius 3 is 2.55 bits per heavy atom. The summed E-state index contributed by atoms with van der Waals surface area (Å²) in [6.45, 7) is 1.93. The number of aliphatic hydroxyl groups excluding tert-OH is 1. The molecular formula is C16H19N3O. The second kappa shape index (κ2) is 6.01. The maximum Gasteiger partial charge on any atom is 0.225 e. The van der Waals surface area contributed by atoms with Crippen LogP contribution in [-0.4, -0.2) is 34.8 Å². The van der Waals surface area contributed by atoms with Crippen molar-refractivity contribution < 1.29 is 5.11 Å². The number of hydrogen-bond donors (Lipinski definition) is 1. The molecule has 0 aliphatic carbocycles. The van der Waals surface area contributed by atoms with Crippen LogP contribution in [0.5, 0.6) is 0 Å². The van der Waals surface area contributed by atoms with Crippen molar-refractivity contribution in [1.82, 2.24) is 9.97 Å². The van der Waals surface area contributed by atoms with Crippen LogP contribution in [0.1, 0.15) is 17.9 Å². The van der Waals surface area contributed by atoms with E-state index < -0.39 is 0 Å². The SMILES string of the molecule is OC[C@H]1CN(c2ncccn2)CC[C@H]1c1ccccc1. The van der Waals surface area contributed by atoms with Gasteiger partial charge in [-0.25, -0.2) is 9.97 Å². The van der Waals surface area contributed by atoms with Crippen LogP contribution in [0.2, 0.25) is 0 Å². The Hall–Kier alpha value is -1.94. The highest BCUT2D eigenvalue weighted by Crippen LogP contribution is 2.33. The molecule has 0 saturated carbocycles. The molecule has 0 spiro atoms. The summed E-state index contributed by atoms with van der Waals surface area (Å²) in [5.41, 5.74) is 1.32. The number of anilines is 1. The Labute approximate surface area is 119 Å². The van der Waals surface area contributed by atoms with E-state index >= 15 is 0 Å². The third-order valence-corrected chi connectivity index (χ3v) is 4.03. The molecule has 3 rings (SSSR count). The zero-order valence-electron chi connectivity index (χ0n) is 11.4. The van der Waals surface area contributed by atoms with Gasteiger partial charge >= 0.3 is 0 Å². The number of benzene rings is 1. The summed E-state index contributed by atoms with van der Waals surface area (Å²) < 4.78 is 0. The normalized spacial score (nSPS) is 22.8. The molecule has 0 bridgehead atoms. The molecule has 1 aromatic heterocycles. The first-order valence-electron chi connectivity index (χ1n) is 7.06. The van der Waals surface area contributed by atoms with Crippen molar-refractivity contribution in [3.8, 4) is 0 Å². The monoisotopic (exact) mass is 269 g/mol. The second-order valence-electron chi connectivity index (χ2n) is 5.24. The van der Waals surface area contributed by atoms with Crippen molar-refractivity contribution in [2.24, 2.45) is 5.92 Å². The van der Waals surface area contributed by atoms with Crippen molar-refractivity contribution >= 4 is 5.95 Å². The molecule has 2 heterocycles. The molecule has 1 aliphatic rings. The van der Waals surface area contributed by atoms with E-state index in [1.54, 1.807) is 12.4 Å². The van der Waals surface area contributed by atoms with Crippen LogP contribution in [0, 0.1) is 5.92 Å². The highest BCUT2D eigenvalue weighted by Gasteiger charge is 2.30. The van der Waals surface area contributed by atoms with E-state index in [2.05, 4.69) is 39.1 Å². The molecule has 1 N–H and O–H groups in total. The summed E-state index contributed by atoms with van der Waals surface area (Å²) in [7, 11) is 0. The Balaban J connectivity index is 1.76. The van der Waals surface area contributed by atoms with Crippen LogP contribution in [-0.2, 0) is 0 Å². The van der Waals surface area contributed by atoms with E-state index in [1.807, 2.05) is 12.1 Å². The van der Waals surface area contributed by atoms with Gasteiger partial charge in [-0.3, -0.25) is 0 Å². The molecule has 20 heavy (non-hydrogen) atoms. The van der Waals surface area contributed by atoms with Gasteiger partial charge in [0.15, 0.2) is 0 Å².